The lowest BCUT2D eigenvalue weighted by Gasteiger charge is -2.28. The molecule has 0 radical (unpaired) electrons. The summed E-state index contributed by atoms with van der Waals surface area (Å²) in [6.07, 6.45) is 2.04. The molecule has 1 aromatic rings. The molecule has 1 heterocycles. The molecule has 0 atom stereocenters. The van der Waals surface area contributed by atoms with Gasteiger partial charge < -0.3 is 0 Å². The standard InChI is InChI=1S/C14H26N2/c1-10(2)16-12(14(6,7)8)11(9-15-16)13(3,4)5/h9-10H,1-8H3. The topological polar surface area (TPSA) is 17.8 Å². The third kappa shape index (κ3) is 2.47. The molecule has 1 aromatic heterocycles. The van der Waals surface area contributed by atoms with Crippen molar-refractivity contribution in [3.8, 4) is 0 Å². The Bertz CT molecular complexity index is 359. The van der Waals surface area contributed by atoms with Crippen LogP contribution in [0.15, 0.2) is 6.20 Å². The van der Waals surface area contributed by atoms with Crippen LogP contribution in [0.2, 0.25) is 0 Å². The van der Waals surface area contributed by atoms with Crippen molar-refractivity contribution in [3.05, 3.63) is 17.5 Å². The van der Waals surface area contributed by atoms with Crippen LogP contribution in [0, 0.1) is 0 Å². The van der Waals surface area contributed by atoms with Crippen LogP contribution in [0.3, 0.4) is 0 Å². The summed E-state index contributed by atoms with van der Waals surface area (Å²) in [6.45, 7) is 17.9. The van der Waals surface area contributed by atoms with Crippen molar-refractivity contribution in [3.63, 3.8) is 0 Å². The molecule has 0 unspecified atom stereocenters. The summed E-state index contributed by atoms with van der Waals surface area (Å²) in [5.41, 5.74) is 3.04. The van der Waals surface area contributed by atoms with E-state index in [1.165, 1.54) is 11.3 Å². The van der Waals surface area contributed by atoms with Crippen molar-refractivity contribution in [2.45, 2.75) is 72.3 Å². The molecule has 2 nitrogen and oxygen atoms in total. The minimum absolute atomic E-state index is 0.142. The molecule has 0 N–H and O–H groups in total. The van der Waals surface area contributed by atoms with Gasteiger partial charge in [-0.2, -0.15) is 5.10 Å². The quantitative estimate of drug-likeness (QED) is 0.700. The first kappa shape index (κ1) is 13.3. The summed E-state index contributed by atoms with van der Waals surface area (Å²) < 4.78 is 2.17. The zero-order valence-corrected chi connectivity index (χ0v) is 12.0. The smallest absolute Gasteiger partial charge is 0.0530 e. The second-order valence-corrected chi connectivity index (χ2v) is 6.95. The summed E-state index contributed by atoms with van der Waals surface area (Å²) >= 11 is 0. The molecule has 0 aliphatic rings. The molecular weight excluding hydrogens is 196 g/mol. The molecule has 16 heavy (non-hydrogen) atoms. The summed E-state index contributed by atoms with van der Waals surface area (Å²) in [5, 5.41) is 4.57. The molecule has 0 aliphatic carbocycles. The van der Waals surface area contributed by atoms with Gasteiger partial charge in [-0.15, -0.1) is 0 Å². The first-order chi connectivity index (χ1) is 7.05. The van der Waals surface area contributed by atoms with Gasteiger partial charge in [0.25, 0.3) is 0 Å². The number of rotatable bonds is 1. The van der Waals surface area contributed by atoms with Crippen LogP contribution in [0.1, 0.15) is 72.7 Å². The molecular formula is C14H26N2. The molecule has 0 aliphatic heterocycles. The van der Waals surface area contributed by atoms with Gasteiger partial charge in [0.2, 0.25) is 0 Å². The highest BCUT2D eigenvalue weighted by Gasteiger charge is 2.30. The Labute approximate surface area is 100 Å². The molecule has 0 saturated heterocycles. The van der Waals surface area contributed by atoms with Crippen molar-refractivity contribution in [1.82, 2.24) is 9.78 Å². The number of aromatic nitrogens is 2. The monoisotopic (exact) mass is 222 g/mol. The van der Waals surface area contributed by atoms with Crippen LogP contribution in [-0.4, -0.2) is 9.78 Å². The van der Waals surface area contributed by atoms with Crippen molar-refractivity contribution in [2.24, 2.45) is 0 Å². The van der Waals surface area contributed by atoms with E-state index in [0.717, 1.165) is 0 Å². The maximum absolute atomic E-state index is 4.57. The van der Waals surface area contributed by atoms with E-state index in [4.69, 9.17) is 0 Å². The lowest BCUT2D eigenvalue weighted by molar-refractivity contribution is 0.434. The number of hydrogen-bond donors (Lipinski definition) is 0. The Hall–Kier alpha value is -0.790. The minimum Gasteiger partial charge on any atom is -0.266 e. The van der Waals surface area contributed by atoms with E-state index in [-0.39, 0.29) is 10.8 Å². The maximum atomic E-state index is 4.57. The van der Waals surface area contributed by atoms with E-state index in [9.17, 15) is 0 Å². The second kappa shape index (κ2) is 3.90. The lowest BCUT2D eigenvalue weighted by Crippen LogP contribution is -2.25. The third-order valence-electron chi connectivity index (χ3n) is 2.80. The average molecular weight is 222 g/mol. The van der Waals surface area contributed by atoms with Crippen LogP contribution < -0.4 is 0 Å². The highest BCUT2D eigenvalue weighted by molar-refractivity contribution is 5.31. The second-order valence-electron chi connectivity index (χ2n) is 6.95. The first-order valence-electron chi connectivity index (χ1n) is 6.13. The van der Waals surface area contributed by atoms with Gasteiger partial charge in [0.1, 0.15) is 0 Å². The van der Waals surface area contributed by atoms with Gasteiger partial charge in [0, 0.05) is 17.2 Å². The van der Waals surface area contributed by atoms with E-state index in [1.807, 2.05) is 6.20 Å². The predicted molar refractivity (Wildman–Crippen MR) is 70.0 cm³/mol. The fraction of sp³-hybridized carbons (Fsp3) is 0.786. The van der Waals surface area contributed by atoms with Gasteiger partial charge in [-0.05, 0) is 24.8 Å². The average Bonchev–Trinajstić information content (AvgIpc) is 2.43. The van der Waals surface area contributed by atoms with E-state index in [1.54, 1.807) is 0 Å². The summed E-state index contributed by atoms with van der Waals surface area (Å²) in [6, 6.07) is 0.422. The van der Waals surface area contributed by atoms with Gasteiger partial charge in [0.15, 0.2) is 0 Å². The highest BCUT2D eigenvalue weighted by atomic mass is 15.3. The number of hydrogen-bond acceptors (Lipinski definition) is 1. The largest absolute Gasteiger partial charge is 0.266 e. The van der Waals surface area contributed by atoms with Gasteiger partial charge in [-0.3, -0.25) is 4.68 Å². The Morgan fingerprint density at radius 3 is 1.81 bits per heavy atom. The normalized spacial score (nSPS) is 13.6. The Balaban J connectivity index is 3.44. The fourth-order valence-corrected chi connectivity index (χ4v) is 2.05. The van der Waals surface area contributed by atoms with Gasteiger partial charge >= 0.3 is 0 Å². The van der Waals surface area contributed by atoms with Crippen molar-refractivity contribution in [2.75, 3.05) is 0 Å². The third-order valence-corrected chi connectivity index (χ3v) is 2.80. The molecule has 0 amide bonds. The number of nitrogens with zero attached hydrogens (tertiary/aromatic N) is 2. The summed E-state index contributed by atoms with van der Waals surface area (Å²) in [5.74, 6) is 0. The molecule has 1 rings (SSSR count). The Morgan fingerprint density at radius 2 is 1.50 bits per heavy atom. The summed E-state index contributed by atoms with van der Waals surface area (Å²) in [7, 11) is 0. The molecule has 0 spiro atoms. The van der Waals surface area contributed by atoms with Crippen LogP contribution >= 0.6 is 0 Å². The van der Waals surface area contributed by atoms with Crippen LogP contribution in [0.4, 0.5) is 0 Å². The highest BCUT2D eigenvalue weighted by Crippen LogP contribution is 2.34. The fourth-order valence-electron chi connectivity index (χ4n) is 2.05. The molecule has 0 aromatic carbocycles. The van der Waals surface area contributed by atoms with Crippen molar-refractivity contribution < 1.29 is 0 Å². The maximum Gasteiger partial charge on any atom is 0.0530 e. The lowest BCUT2D eigenvalue weighted by atomic mass is 9.79. The van der Waals surface area contributed by atoms with Gasteiger partial charge in [-0.1, -0.05) is 41.5 Å². The van der Waals surface area contributed by atoms with E-state index >= 15 is 0 Å². The van der Waals surface area contributed by atoms with Crippen molar-refractivity contribution >= 4 is 0 Å². The zero-order valence-electron chi connectivity index (χ0n) is 12.0. The molecule has 0 fully saturated rings. The molecule has 0 bridgehead atoms. The van der Waals surface area contributed by atoms with Gasteiger partial charge in [-0.25, -0.2) is 0 Å². The van der Waals surface area contributed by atoms with E-state index < -0.39 is 0 Å². The van der Waals surface area contributed by atoms with E-state index in [2.05, 4.69) is 65.2 Å². The molecule has 0 saturated carbocycles. The Kier molecular flexibility index (Phi) is 3.24. The van der Waals surface area contributed by atoms with Gasteiger partial charge in [0.05, 0.1) is 6.20 Å². The van der Waals surface area contributed by atoms with Crippen LogP contribution in [-0.2, 0) is 10.8 Å². The van der Waals surface area contributed by atoms with Crippen LogP contribution in [0.5, 0.6) is 0 Å². The first-order valence-corrected chi connectivity index (χ1v) is 6.13. The van der Waals surface area contributed by atoms with Crippen LogP contribution in [0.25, 0.3) is 0 Å². The van der Waals surface area contributed by atoms with E-state index in [0.29, 0.717) is 6.04 Å². The predicted octanol–water partition coefficient (Wildman–Crippen LogP) is 4.06. The SMILES string of the molecule is CC(C)n1ncc(C(C)(C)C)c1C(C)(C)C. The van der Waals surface area contributed by atoms with Crippen molar-refractivity contribution in [1.29, 1.82) is 0 Å². The summed E-state index contributed by atoms with van der Waals surface area (Å²) in [4.78, 5) is 0. The molecule has 92 valence electrons. The molecule has 2 heteroatoms. The zero-order chi connectivity index (χ0) is 12.7. The minimum atomic E-state index is 0.142. The Morgan fingerprint density at radius 1 is 1.00 bits per heavy atom.